The lowest BCUT2D eigenvalue weighted by Gasteiger charge is -2.35. The van der Waals surface area contributed by atoms with Crippen molar-refractivity contribution in [2.45, 2.75) is 52.0 Å². The summed E-state index contributed by atoms with van der Waals surface area (Å²) in [6.45, 7) is 5.25. The Balaban J connectivity index is 2.03. The van der Waals surface area contributed by atoms with Crippen molar-refractivity contribution in [3.8, 4) is 0 Å². The molecule has 1 fully saturated rings. The quantitative estimate of drug-likeness (QED) is 0.870. The largest absolute Gasteiger partial charge is 0.370 e. The van der Waals surface area contributed by atoms with E-state index in [0.717, 1.165) is 17.9 Å². The lowest BCUT2D eigenvalue weighted by Crippen LogP contribution is -2.38. The maximum Gasteiger partial charge on any atom is 0.224 e. The number of aryl methyl sites for hydroxylation is 1. The number of carbonyl (C=O) groups is 2. The normalized spacial score (nSPS) is 18.1. The maximum atomic E-state index is 11.7. The molecule has 1 aliphatic heterocycles. The molecule has 2 amide bonds. The van der Waals surface area contributed by atoms with E-state index in [1.807, 2.05) is 13.0 Å². The van der Waals surface area contributed by atoms with E-state index in [-0.39, 0.29) is 18.7 Å². The Morgan fingerprint density at radius 2 is 2.18 bits per heavy atom. The zero-order valence-corrected chi connectivity index (χ0v) is 13.3. The average Bonchev–Trinajstić information content (AvgIpc) is 2.46. The van der Waals surface area contributed by atoms with Crippen LogP contribution in [0.2, 0.25) is 0 Å². The molecule has 1 aromatic rings. The van der Waals surface area contributed by atoms with Crippen molar-refractivity contribution in [1.82, 2.24) is 4.98 Å². The smallest absolute Gasteiger partial charge is 0.224 e. The van der Waals surface area contributed by atoms with Gasteiger partial charge in [0.1, 0.15) is 5.82 Å². The molecule has 3 N–H and O–H groups in total. The number of hydrogen-bond acceptors (Lipinski definition) is 4. The minimum Gasteiger partial charge on any atom is -0.370 e. The van der Waals surface area contributed by atoms with E-state index in [2.05, 4.69) is 22.1 Å². The number of primary amides is 1. The molecule has 0 unspecified atom stereocenters. The Labute approximate surface area is 131 Å². The molecule has 0 aliphatic carbocycles. The van der Waals surface area contributed by atoms with E-state index >= 15 is 0 Å². The van der Waals surface area contributed by atoms with E-state index in [1.54, 1.807) is 6.20 Å². The number of nitrogens with zero attached hydrogens (tertiary/aromatic N) is 2. The van der Waals surface area contributed by atoms with Crippen LogP contribution in [0, 0.1) is 6.92 Å². The number of pyridine rings is 1. The summed E-state index contributed by atoms with van der Waals surface area (Å²) in [5.41, 5.74) is 6.73. The summed E-state index contributed by atoms with van der Waals surface area (Å²) < 4.78 is 0. The fraction of sp³-hybridized carbons (Fsp3) is 0.562. The van der Waals surface area contributed by atoms with Crippen molar-refractivity contribution in [2.24, 2.45) is 5.73 Å². The fourth-order valence-corrected chi connectivity index (χ4v) is 2.81. The molecule has 0 spiro atoms. The van der Waals surface area contributed by atoms with Crippen molar-refractivity contribution in [1.29, 1.82) is 0 Å². The van der Waals surface area contributed by atoms with Crippen LogP contribution in [0.5, 0.6) is 0 Å². The Kier molecular flexibility index (Phi) is 5.35. The summed E-state index contributed by atoms with van der Waals surface area (Å²) in [7, 11) is 0. The van der Waals surface area contributed by atoms with E-state index in [1.165, 1.54) is 19.3 Å². The molecule has 0 saturated carbocycles. The Morgan fingerprint density at radius 1 is 1.41 bits per heavy atom. The molecule has 2 heterocycles. The van der Waals surface area contributed by atoms with Crippen LogP contribution in [-0.4, -0.2) is 29.4 Å². The van der Waals surface area contributed by atoms with Crippen molar-refractivity contribution in [2.75, 3.05) is 16.8 Å². The second-order valence-electron chi connectivity index (χ2n) is 5.92. The molecule has 0 radical (unpaired) electrons. The van der Waals surface area contributed by atoms with Gasteiger partial charge < -0.3 is 16.0 Å². The van der Waals surface area contributed by atoms with Crippen molar-refractivity contribution < 1.29 is 9.59 Å². The lowest BCUT2D eigenvalue weighted by atomic mass is 10.0. The van der Waals surface area contributed by atoms with Gasteiger partial charge in [-0.15, -0.1) is 0 Å². The van der Waals surface area contributed by atoms with E-state index < -0.39 is 5.91 Å². The summed E-state index contributed by atoms with van der Waals surface area (Å²) in [5, 5.41) is 2.75. The molecule has 1 aromatic heterocycles. The summed E-state index contributed by atoms with van der Waals surface area (Å²) in [6, 6.07) is 2.42. The predicted molar refractivity (Wildman–Crippen MR) is 86.7 cm³/mol. The van der Waals surface area contributed by atoms with Crippen LogP contribution in [0.1, 0.15) is 44.6 Å². The van der Waals surface area contributed by atoms with Gasteiger partial charge in [-0.1, -0.05) is 0 Å². The highest BCUT2D eigenvalue weighted by molar-refractivity contribution is 5.93. The molecule has 2 rings (SSSR count). The highest BCUT2D eigenvalue weighted by Gasteiger charge is 2.21. The number of piperidine rings is 1. The number of anilines is 2. The Bertz CT molecular complexity index is 559. The Morgan fingerprint density at radius 3 is 2.82 bits per heavy atom. The molecule has 6 heteroatoms. The van der Waals surface area contributed by atoms with Gasteiger partial charge in [0.25, 0.3) is 0 Å². The summed E-state index contributed by atoms with van der Waals surface area (Å²) >= 11 is 0. The molecule has 22 heavy (non-hydrogen) atoms. The molecule has 120 valence electrons. The van der Waals surface area contributed by atoms with Crippen LogP contribution in [0.25, 0.3) is 0 Å². The zero-order chi connectivity index (χ0) is 16.1. The third kappa shape index (κ3) is 4.19. The fourth-order valence-electron chi connectivity index (χ4n) is 2.81. The van der Waals surface area contributed by atoms with Crippen LogP contribution >= 0.6 is 0 Å². The van der Waals surface area contributed by atoms with Gasteiger partial charge in [0.15, 0.2) is 0 Å². The highest BCUT2D eigenvalue weighted by atomic mass is 16.2. The van der Waals surface area contributed by atoms with Crippen molar-refractivity contribution in [3.05, 3.63) is 17.8 Å². The third-order valence-corrected chi connectivity index (χ3v) is 4.01. The van der Waals surface area contributed by atoms with Crippen molar-refractivity contribution >= 4 is 23.3 Å². The van der Waals surface area contributed by atoms with Crippen LogP contribution in [-0.2, 0) is 9.59 Å². The van der Waals surface area contributed by atoms with Crippen LogP contribution in [0.15, 0.2) is 12.3 Å². The summed E-state index contributed by atoms with van der Waals surface area (Å²) in [4.78, 5) is 29.2. The highest BCUT2D eigenvalue weighted by Crippen LogP contribution is 2.27. The first-order chi connectivity index (χ1) is 10.5. The van der Waals surface area contributed by atoms with E-state index in [4.69, 9.17) is 5.73 Å². The third-order valence-electron chi connectivity index (χ3n) is 4.01. The number of hydrogen-bond donors (Lipinski definition) is 2. The number of carbonyl (C=O) groups excluding carboxylic acids is 2. The topological polar surface area (TPSA) is 88.3 Å². The SMILES string of the molecule is Cc1cc(NC(=O)CCC(N)=O)cnc1N1CCCC[C@@H]1C. The lowest BCUT2D eigenvalue weighted by molar-refractivity contribution is -0.122. The zero-order valence-electron chi connectivity index (χ0n) is 13.3. The molecule has 0 aromatic carbocycles. The van der Waals surface area contributed by atoms with Gasteiger partial charge in [0.05, 0.1) is 11.9 Å². The molecule has 1 saturated heterocycles. The molecule has 6 nitrogen and oxygen atoms in total. The minimum absolute atomic E-state index is 0.0572. The molecule has 1 atom stereocenters. The monoisotopic (exact) mass is 304 g/mol. The van der Waals surface area contributed by atoms with Crippen LogP contribution < -0.4 is 16.0 Å². The second kappa shape index (κ2) is 7.24. The van der Waals surface area contributed by atoms with Gasteiger partial charge in [0, 0.05) is 25.4 Å². The van der Waals surface area contributed by atoms with Gasteiger partial charge in [-0.05, 0) is 44.7 Å². The molecule has 1 aliphatic rings. The van der Waals surface area contributed by atoms with E-state index in [0.29, 0.717) is 11.7 Å². The van der Waals surface area contributed by atoms with Gasteiger partial charge >= 0.3 is 0 Å². The standard InChI is InChI=1S/C16H24N4O2/c1-11-9-13(19-15(22)7-6-14(17)21)10-18-16(11)20-8-4-3-5-12(20)2/h9-10,12H,3-8H2,1-2H3,(H2,17,21)(H,19,22)/t12-/m0/s1. The van der Waals surface area contributed by atoms with Crippen LogP contribution in [0.4, 0.5) is 11.5 Å². The summed E-state index contributed by atoms with van der Waals surface area (Å²) in [6.07, 6.45) is 5.47. The number of aromatic nitrogens is 1. The molecular formula is C16H24N4O2. The number of nitrogens with two attached hydrogens (primary N) is 1. The average molecular weight is 304 g/mol. The second-order valence-corrected chi connectivity index (χ2v) is 5.92. The predicted octanol–water partition coefficient (Wildman–Crippen LogP) is 1.97. The first-order valence-corrected chi connectivity index (χ1v) is 7.79. The number of amides is 2. The van der Waals surface area contributed by atoms with Crippen LogP contribution in [0.3, 0.4) is 0 Å². The van der Waals surface area contributed by atoms with Gasteiger partial charge in [-0.25, -0.2) is 4.98 Å². The minimum atomic E-state index is -0.473. The maximum absolute atomic E-state index is 11.7. The number of nitrogens with one attached hydrogen (secondary N) is 1. The number of rotatable bonds is 5. The first-order valence-electron chi connectivity index (χ1n) is 7.79. The van der Waals surface area contributed by atoms with Gasteiger partial charge in [-0.3, -0.25) is 9.59 Å². The molecular weight excluding hydrogens is 280 g/mol. The van der Waals surface area contributed by atoms with Gasteiger partial charge in [0.2, 0.25) is 11.8 Å². The van der Waals surface area contributed by atoms with Gasteiger partial charge in [-0.2, -0.15) is 0 Å². The summed E-state index contributed by atoms with van der Waals surface area (Å²) in [5.74, 6) is 0.292. The van der Waals surface area contributed by atoms with E-state index in [9.17, 15) is 9.59 Å². The molecule has 0 bridgehead atoms. The van der Waals surface area contributed by atoms with Crippen molar-refractivity contribution in [3.63, 3.8) is 0 Å². The Hall–Kier alpha value is -2.11. The first kappa shape index (κ1) is 16.3.